The second-order valence-corrected chi connectivity index (χ2v) is 7.68. The largest absolute Gasteiger partial charge is 0.336 e. The number of likely N-dealkylation sites (tertiary alicyclic amines) is 1. The summed E-state index contributed by atoms with van der Waals surface area (Å²) in [4.78, 5) is 20.3. The van der Waals surface area contributed by atoms with Gasteiger partial charge in [0.25, 0.3) is 5.91 Å². The smallest absolute Gasteiger partial charge is 0.254 e. The summed E-state index contributed by atoms with van der Waals surface area (Å²) in [5.74, 6) is 0.0927. The number of aromatic nitrogens is 3. The van der Waals surface area contributed by atoms with Crippen molar-refractivity contribution in [2.24, 2.45) is 0 Å². The van der Waals surface area contributed by atoms with Gasteiger partial charge in [-0.3, -0.25) is 4.79 Å². The molecule has 140 valence electrons. The normalized spacial score (nSPS) is 17.6. The molecule has 1 aliphatic rings. The molecule has 27 heavy (non-hydrogen) atoms. The third kappa shape index (κ3) is 3.22. The lowest BCUT2D eigenvalue weighted by Gasteiger charge is -2.33. The summed E-state index contributed by atoms with van der Waals surface area (Å²) >= 11 is 0. The third-order valence-corrected chi connectivity index (χ3v) is 5.42. The van der Waals surface area contributed by atoms with Gasteiger partial charge in [0.2, 0.25) is 0 Å². The molecule has 1 fully saturated rings. The quantitative estimate of drug-likeness (QED) is 0.679. The minimum atomic E-state index is 0.0927. The molecule has 1 unspecified atom stereocenters. The summed E-state index contributed by atoms with van der Waals surface area (Å²) in [5.41, 5.74) is 3.31. The van der Waals surface area contributed by atoms with Crippen LogP contribution in [0.3, 0.4) is 0 Å². The van der Waals surface area contributed by atoms with E-state index < -0.39 is 0 Å². The van der Waals surface area contributed by atoms with Crippen molar-refractivity contribution < 1.29 is 4.79 Å². The zero-order valence-corrected chi connectivity index (χ0v) is 16.2. The van der Waals surface area contributed by atoms with E-state index >= 15 is 0 Å². The molecule has 0 radical (unpaired) electrons. The molecule has 1 aliphatic heterocycles. The molecular formula is C22H26N4O. The summed E-state index contributed by atoms with van der Waals surface area (Å²) < 4.78 is 1.90. The van der Waals surface area contributed by atoms with E-state index in [-0.39, 0.29) is 18.0 Å². The van der Waals surface area contributed by atoms with Crippen LogP contribution >= 0.6 is 0 Å². The van der Waals surface area contributed by atoms with Crippen molar-refractivity contribution >= 4 is 16.9 Å². The van der Waals surface area contributed by atoms with Crippen LogP contribution in [0.1, 0.15) is 56.4 Å². The maximum Gasteiger partial charge on any atom is 0.254 e. The van der Waals surface area contributed by atoms with Crippen LogP contribution in [0.5, 0.6) is 0 Å². The minimum absolute atomic E-state index is 0.0927. The summed E-state index contributed by atoms with van der Waals surface area (Å²) in [5, 5.41) is 5.36. The van der Waals surface area contributed by atoms with Gasteiger partial charge < -0.3 is 4.90 Å². The van der Waals surface area contributed by atoms with E-state index in [1.807, 2.05) is 46.0 Å². The first-order valence-electron chi connectivity index (χ1n) is 9.81. The Morgan fingerprint density at radius 1 is 1.19 bits per heavy atom. The fourth-order valence-corrected chi connectivity index (χ4v) is 3.88. The average Bonchev–Trinajstić information content (AvgIpc) is 3.12. The van der Waals surface area contributed by atoms with Crippen LogP contribution in [0, 0.1) is 0 Å². The van der Waals surface area contributed by atoms with Crippen LogP contribution < -0.4 is 0 Å². The monoisotopic (exact) mass is 362 g/mol. The lowest BCUT2D eigenvalue weighted by atomic mass is 10.0. The van der Waals surface area contributed by atoms with Crippen LogP contribution in [0.2, 0.25) is 0 Å². The predicted octanol–water partition coefficient (Wildman–Crippen LogP) is 4.69. The molecule has 0 N–H and O–H groups in total. The van der Waals surface area contributed by atoms with Crippen LogP contribution in [-0.2, 0) is 0 Å². The first kappa shape index (κ1) is 17.7. The van der Waals surface area contributed by atoms with Crippen molar-refractivity contribution in [1.29, 1.82) is 0 Å². The van der Waals surface area contributed by atoms with Gasteiger partial charge in [0.1, 0.15) is 0 Å². The Morgan fingerprint density at radius 3 is 2.67 bits per heavy atom. The van der Waals surface area contributed by atoms with Gasteiger partial charge >= 0.3 is 0 Å². The Bertz CT molecular complexity index is 961. The number of rotatable bonds is 3. The molecule has 1 atom stereocenters. The fraction of sp³-hybridized carbons (Fsp3) is 0.409. The maximum absolute atomic E-state index is 13.4. The fourth-order valence-electron chi connectivity index (χ4n) is 3.88. The van der Waals surface area contributed by atoms with Crippen molar-refractivity contribution in [3.63, 3.8) is 0 Å². The van der Waals surface area contributed by atoms with E-state index in [1.165, 1.54) is 6.42 Å². The van der Waals surface area contributed by atoms with Crippen molar-refractivity contribution in [2.75, 3.05) is 6.54 Å². The SMILES string of the molecule is CC1CCCCN1C(=O)c1cc(-c2ccccc2)nc2c1cnn2C(C)C. The number of fused-ring (bicyclic) bond motifs is 1. The van der Waals surface area contributed by atoms with Crippen molar-refractivity contribution in [3.8, 4) is 11.3 Å². The van der Waals surface area contributed by atoms with E-state index in [9.17, 15) is 4.79 Å². The Balaban J connectivity index is 1.89. The zero-order valence-electron chi connectivity index (χ0n) is 16.2. The summed E-state index contributed by atoms with van der Waals surface area (Å²) in [7, 11) is 0. The summed E-state index contributed by atoms with van der Waals surface area (Å²) in [6, 6.07) is 12.4. The molecule has 0 aliphatic carbocycles. The molecule has 1 saturated heterocycles. The highest BCUT2D eigenvalue weighted by Gasteiger charge is 2.27. The predicted molar refractivity (Wildman–Crippen MR) is 108 cm³/mol. The molecule has 2 aromatic heterocycles. The second-order valence-electron chi connectivity index (χ2n) is 7.68. The number of amides is 1. The lowest BCUT2D eigenvalue weighted by molar-refractivity contribution is 0.0637. The van der Waals surface area contributed by atoms with Crippen LogP contribution in [0.4, 0.5) is 0 Å². The van der Waals surface area contributed by atoms with Gasteiger partial charge in [-0.15, -0.1) is 0 Å². The molecule has 1 amide bonds. The molecule has 1 aromatic carbocycles. The Morgan fingerprint density at radius 2 is 1.96 bits per heavy atom. The van der Waals surface area contributed by atoms with Gasteiger partial charge in [-0.05, 0) is 46.1 Å². The molecule has 3 aromatic rings. The Kier molecular flexibility index (Phi) is 4.68. The number of carbonyl (C=O) groups is 1. The maximum atomic E-state index is 13.4. The molecular weight excluding hydrogens is 336 g/mol. The lowest BCUT2D eigenvalue weighted by Crippen LogP contribution is -2.42. The molecule has 0 bridgehead atoms. The van der Waals surface area contributed by atoms with E-state index in [4.69, 9.17) is 4.98 Å². The molecule has 0 spiro atoms. The van der Waals surface area contributed by atoms with Crippen LogP contribution in [-0.4, -0.2) is 38.2 Å². The van der Waals surface area contributed by atoms with E-state index in [1.54, 1.807) is 6.20 Å². The van der Waals surface area contributed by atoms with Crippen LogP contribution in [0.25, 0.3) is 22.3 Å². The molecule has 4 rings (SSSR count). The second kappa shape index (κ2) is 7.14. The topological polar surface area (TPSA) is 51.0 Å². The Hall–Kier alpha value is -2.69. The van der Waals surface area contributed by atoms with E-state index in [0.29, 0.717) is 5.56 Å². The number of benzene rings is 1. The zero-order chi connectivity index (χ0) is 19.0. The van der Waals surface area contributed by atoms with Gasteiger partial charge in [0, 0.05) is 24.2 Å². The summed E-state index contributed by atoms with van der Waals surface area (Å²) in [6.07, 6.45) is 5.12. The highest BCUT2D eigenvalue weighted by Crippen LogP contribution is 2.29. The number of piperidine rings is 1. The molecule has 5 nitrogen and oxygen atoms in total. The van der Waals surface area contributed by atoms with Crippen molar-refractivity contribution in [3.05, 3.63) is 48.2 Å². The van der Waals surface area contributed by atoms with Gasteiger partial charge in [-0.25, -0.2) is 9.67 Å². The third-order valence-electron chi connectivity index (χ3n) is 5.42. The van der Waals surface area contributed by atoms with E-state index in [2.05, 4.69) is 25.9 Å². The Labute approximate surface area is 160 Å². The number of pyridine rings is 1. The minimum Gasteiger partial charge on any atom is -0.336 e. The van der Waals surface area contributed by atoms with Crippen molar-refractivity contribution in [1.82, 2.24) is 19.7 Å². The highest BCUT2D eigenvalue weighted by molar-refractivity contribution is 6.06. The van der Waals surface area contributed by atoms with Gasteiger partial charge in [0.15, 0.2) is 5.65 Å². The van der Waals surface area contributed by atoms with Crippen LogP contribution in [0.15, 0.2) is 42.6 Å². The van der Waals surface area contributed by atoms with Gasteiger partial charge in [-0.1, -0.05) is 30.3 Å². The molecule has 3 heterocycles. The average molecular weight is 362 g/mol. The number of hydrogen-bond donors (Lipinski definition) is 0. The van der Waals surface area contributed by atoms with Gasteiger partial charge in [-0.2, -0.15) is 5.10 Å². The van der Waals surface area contributed by atoms with E-state index in [0.717, 1.165) is 41.7 Å². The van der Waals surface area contributed by atoms with Gasteiger partial charge in [0.05, 0.1) is 22.8 Å². The van der Waals surface area contributed by atoms with Crippen molar-refractivity contribution in [2.45, 2.75) is 52.1 Å². The highest BCUT2D eigenvalue weighted by atomic mass is 16.2. The number of nitrogens with zero attached hydrogens (tertiary/aromatic N) is 4. The standard InChI is InChI=1S/C22H26N4O/c1-15(2)26-21-19(14-23-26)18(22(27)25-12-8-7-9-16(25)3)13-20(24-21)17-10-5-4-6-11-17/h4-6,10-11,13-16H,7-9,12H2,1-3H3. The first-order valence-corrected chi connectivity index (χ1v) is 9.81. The number of carbonyl (C=O) groups excluding carboxylic acids is 1. The first-order chi connectivity index (χ1) is 13.1. The molecule has 0 saturated carbocycles. The number of hydrogen-bond acceptors (Lipinski definition) is 3. The molecule has 5 heteroatoms. The summed E-state index contributed by atoms with van der Waals surface area (Å²) in [6.45, 7) is 7.13.